The average molecular weight is 251 g/mol. The van der Waals surface area contributed by atoms with Gasteiger partial charge in [0.25, 0.3) is 0 Å². The van der Waals surface area contributed by atoms with Gasteiger partial charge in [-0.05, 0) is 18.6 Å². The van der Waals surface area contributed by atoms with Gasteiger partial charge in [0.15, 0.2) is 0 Å². The van der Waals surface area contributed by atoms with Crippen LogP contribution in [0.3, 0.4) is 0 Å². The van der Waals surface area contributed by atoms with Crippen LogP contribution in [-0.4, -0.2) is 11.5 Å². The van der Waals surface area contributed by atoms with Gasteiger partial charge in [0.05, 0.1) is 22.4 Å². The lowest BCUT2D eigenvalue weighted by atomic mass is 10.2. The molecule has 0 radical (unpaired) electrons. The zero-order valence-electron chi connectivity index (χ0n) is 8.88. The van der Waals surface area contributed by atoms with E-state index in [1.165, 1.54) is 0 Å². The fraction of sp³-hybridized carbons (Fsp3) is 0.250. The Kier molecular flexibility index (Phi) is 3.42. The Morgan fingerprint density at radius 3 is 3.00 bits per heavy atom. The monoisotopic (exact) mass is 250 g/mol. The van der Waals surface area contributed by atoms with Crippen LogP contribution in [0.5, 0.6) is 0 Å². The Morgan fingerprint density at radius 1 is 1.44 bits per heavy atom. The third-order valence-electron chi connectivity index (χ3n) is 2.47. The molecule has 82 valence electrons. The van der Waals surface area contributed by atoms with E-state index in [2.05, 4.69) is 11.4 Å². The van der Waals surface area contributed by atoms with Gasteiger partial charge in [-0.1, -0.05) is 23.7 Å². The van der Waals surface area contributed by atoms with Crippen LogP contribution in [-0.2, 0) is 0 Å². The Morgan fingerprint density at radius 2 is 2.25 bits per heavy atom. The fourth-order valence-electron chi connectivity index (χ4n) is 1.55. The summed E-state index contributed by atoms with van der Waals surface area (Å²) >= 11 is 7.93. The highest BCUT2D eigenvalue weighted by Gasteiger charge is 2.15. The molecular weight excluding hydrogens is 240 g/mol. The van der Waals surface area contributed by atoms with Crippen molar-refractivity contribution in [2.45, 2.75) is 6.92 Å². The normalized spacial score (nSPS) is 15.1. The van der Waals surface area contributed by atoms with E-state index < -0.39 is 0 Å². The number of aryl methyl sites for hydroxylation is 1. The predicted molar refractivity (Wildman–Crippen MR) is 69.8 cm³/mol. The molecule has 1 aliphatic heterocycles. The first-order chi connectivity index (χ1) is 7.72. The molecule has 0 spiro atoms. The molecule has 1 heterocycles. The molecule has 1 aromatic rings. The van der Waals surface area contributed by atoms with Crippen molar-refractivity contribution < 1.29 is 0 Å². The van der Waals surface area contributed by atoms with Crippen LogP contribution in [0.2, 0.25) is 5.02 Å². The minimum Gasteiger partial charge on any atom is -0.356 e. The van der Waals surface area contributed by atoms with Gasteiger partial charge in [0.2, 0.25) is 0 Å². The summed E-state index contributed by atoms with van der Waals surface area (Å²) in [6.45, 7) is 1.97. The van der Waals surface area contributed by atoms with E-state index in [9.17, 15) is 0 Å². The van der Waals surface area contributed by atoms with E-state index in [0.29, 0.717) is 0 Å². The van der Waals surface area contributed by atoms with Crippen LogP contribution in [0.4, 0.5) is 5.69 Å². The molecule has 4 heteroatoms. The number of anilines is 1. The summed E-state index contributed by atoms with van der Waals surface area (Å²) in [5, 5.41) is 12.9. The first kappa shape index (κ1) is 11.4. The van der Waals surface area contributed by atoms with E-state index in [0.717, 1.165) is 39.0 Å². The highest BCUT2D eigenvalue weighted by molar-refractivity contribution is 7.99. The molecule has 0 aliphatic carbocycles. The molecule has 0 atom stereocenters. The van der Waals surface area contributed by atoms with Crippen LogP contribution in [0, 0.1) is 18.3 Å². The summed E-state index contributed by atoms with van der Waals surface area (Å²) in [6.07, 6.45) is 0. The van der Waals surface area contributed by atoms with Crippen LogP contribution >= 0.6 is 23.4 Å². The number of nitriles is 1. The molecular formula is C12H11ClN2S. The third-order valence-corrected chi connectivity index (χ3v) is 3.96. The van der Waals surface area contributed by atoms with Gasteiger partial charge >= 0.3 is 0 Å². The van der Waals surface area contributed by atoms with E-state index >= 15 is 0 Å². The summed E-state index contributed by atoms with van der Waals surface area (Å²) in [4.78, 5) is 0. The second-order valence-electron chi connectivity index (χ2n) is 3.62. The van der Waals surface area contributed by atoms with Crippen LogP contribution in [0.1, 0.15) is 5.56 Å². The van der Waals surface area contributed by atoms with Gasteiger partial charge in [-0.3, -0.25) is 0 Å². The smallest absolute Gasteiger partial charge is 0.0974 e. The molecule has 0 saturated carbocycles. The fourth-order valence-corrected chi connectivity index (χ4v) is 2.72. The van der Waals surface area contributed by atoms with E-state index in [-0.39, 0.29) is 0 Å². The molecule has 0 bridgehead atoms. The average Bonchev–Trinajstić information content (AvgIpc) is 2.72. The van der Waals surface area contributed by atoms with E-state index in [1.54, 1.807) is 11.8 Å². The minimum absolute atomic E-state index is 0.726. The maximum absolute atomic E-state index is 8.94. The number of thioether (sulfide) groups is 1. The minimum atomic E-state index is 0.726. The van der Waals surface area contributed by atoms with Gasteiger partial charge in [-0.2, -0.15) is 5.26 Å². The van der Waals surface area contributed by atoms with E-state index in [1.807, 2.05) is 25.1 Å². The Labute approximate surface area is 104 Å². The van der Waals surface area contributed by atoms with Gasteiger partial charge in [0.1, 0.15) is 0 Å². The molecule has 1 N–H and O–H groups in total. The predicted octanol–water partition coefficient (Wildman–Crippen LogP) is 3.58. The first-order valence-electron chi connectivity index (χ1n) is 4.94. The Bertz CT molecular complexity index is 488. The SMILES string of the molecule is Cc1cccc(NC2=C(C#N)CSC2)c1Cl. The number of nitrogens with one attached hydrogen (secondary N) is 1. The maximum Gasteiger partial charge on any atom is 0.0974 e. The molecule has 0 unspecified atom stereocenters. The Balaban J connectivity index is 2.28. The highest BCUT2D eigenvalue weighted by Crippen LogP contribution is 2.30. The second kappa shape index (κ2) is 4.82. The van der Waals surface area contributed by atoms with Crippen molar-refractivity contribution in [3.63, 3.8) is 0 Å². The highest BCUT2D eigenvalue weighted by atomic mass is 35.5. The molecule has 0 saturated heterocycles. The van der Waals surface area contributed by atoms with Crippen molar-refractivity contribution in [3.8, 4) is 6.07 Å². The lowest BCUT2D eigenvalue weighted by Crippen LogP contribution is -2.02. The number of halogens is 1. The molecule has 2 rings (SSSR count). The van der Waals surface area contributed by atoms with Gasteiger partial charge in [-0.15, -0.1) is 11.8 Å². The molecule has 1 aliphatic rings. The van der Waals surface area contributed by atoms with E-state index in [4.69, 9.17) is 16.9 Å². The van der Waals surface area contributed by atoms with Crippen LogP contribution in [0.25, 0.3) is 0 Å². The number of nitrogens with zero attached hydrogens (tertiary/aromatic N) is 1. The van der Waals surface area contributed by atoms with Gasteiger partial charge in [-0.25, -0.2) is 0 Å². The van der Waals surface area contributed by atoms with Gasteiger partial charge in [0, 0.05) is 17.2 Å². The van der Waals surface area contributed by atoms with Crippen molar-refractivity contribution in [1.82, 2.24) is 0 Å². The van der Waals surface area contributed by atoms with Crippen molar-refractivity contribution in [2.75, 3.05) is 16.8 Å². The van der Waals surface area contributed by atoms with Crippen molar-refractivity contribution in [1.29, 1.82) is 5.26 Å². The van der Waals surface area contributed by atoms with Crippen molar-refractivity contribution in [2.24, 2.45) is 0 Å². The summed E-state index contributed by atoms with van der Waals surface area (Å²) < 4.78 is 0. The third kappa shape index (κ3) is 2.18. The number of hydrogen-bond donors (Lipinski definition) is 1. The standard InChI is InChI=1S/C12H11ClN2S/c1-8-3-2-4-10(12(8)13)15-11-7-16-6-9(11)5-14/h2-4,15H,6-7H2,1H3. The number of hydrogen-bond acceptors (Lipinski definition) is 3. The van der Waals surface area contributed by atoms with Crippen LogP contribution in [0.15, 0.2) is 29.5 Å². The van der Waals surface area contributed by atoms with Gasteiger partial charge < -0.3 is 5.32 Å². The lowest BCUT2D eigenvalue weighted by molar-refractivity contribution is 1.33. The summed E-state index contributed by atoms with van der Waals surface area (Å²) in [7, 11) is 0. The summed E-state index contributed by atoms with van der Waals surface area (Å²) in [6, 6.07) is 8.08. The summed E-state index contributed by atoms with van der Waals surface area (Å²) in [5.74, 6) is 1.65. The lowest BCUT2D eigenvalue weighted by Gasteiger charge is -2.10. The molecule has 16 heavy (non-hydrogen) atoms. The second-order valence-corrected chi connectivity index (χ2v) is 4.99. The van der Waals surface area contributed by atoms with Crippen molar-refractivity contribution >= 4 is 29.1 Å². The summed E-state index contributed by atoms with van der Waals surface area (Å²) in [5.41, 5.74) is 3.73. The topological polar surface area (TPSA) is 35.8 Å². The first-order valence-corrected chi connectivity index (χ1v) is 6.47. The molecule has 0 fully saturated rings. The largest absolute Gasteiger partial charge is 0.356 e. The zero-order valence-corrected chi connectivity index (χ0v) is 10.5. The van der Waals surface area contributed by atoms with Crippen molar-refractivity contribution in [3.05, 3.63) is 40.1 Å². The quantitative estimate of drug-likeness (QED) is 0.872. The zero-order chi connectivity index (χ0) is 11.5. The molecule has 1 aromatic carbocycles. The van der Waals surface area contributed by atoms with Crippen LogP contribution < -0.4 is 5.32 Å². The maximum atomic E-state index is 8.94. The molecule has 2 nitrogen and oxygen atoms in total. The molecule has 0 aromatic heterocycles. The Hall–Kier alpha value is -1.11. The number of rotatable bonds is 2. The number of benzene rings is 1. The molecule has 0 amide bonds.